The second kappa shape index (κ2) is 9.12. The number of hydrogen-bond acceptors (Lipinski definition) is 3. The molecule has 4 aromatic carbocycles. The molecular formula is C38H26N4O2. The van der Waals surface area contributed by atoms with Crippen LogP contribution in [0.1, 0.15) is 38.9 Å². The number of allylic oxidation sites excluding steroid dienone is 4. The second-order valence-corrected chi connectivity index (χ2v) is 11.5. The molecule has 0 fully saturated rings. The number of nitrogens with zero attached hydrogens (tertiary/aromatic N) is 4. The number of carbonyl (C=O) groups is 2. The van der Waals surface area contributed by atoms with Crippen LogP contribution in [0.5, 0.6) is 0 Å². The van der Waals surface area contributed by atoms with Crippen molar-refractivity contribution in [2.75, 3.05) is 4.90 Å². The van der Waals surface area contributed by atoms with Crippen molar-refractivity contribution in [3.63, 3.8) is 0 Å². The summed E-state index contributed by atoms with van der Waals surface area (Å²) in [4.78, 5) is 35.4. The van der Waals surface area contributed by atoms with Crippen molar-refractivity contribution in [3.05, 3.63) is 138 Å². The van der Waals surface area contributed by atoms with E-state index in [0.717, 1.165) is 61.4 Å². The first-order valence-electron chi connectivity index (χ1n) is 14.9. The Morgan fingerprint density at radius 3 is 2.07 bits per heavy atom. The zero-order valence-electron chi connectivity index (χ0n) is 23.9. The number of imide groups is 1. The number of hydrogen-bond donors (Lipinski definition) is 0. The van der Waals surface area contributed by atoms with Crippen LogP contribution in [0.2, 0.25) is 0 Å². The number of para-hydroxylation sites is 3. The molecule has 0 radical (unpaired) electrons. The van der Waals surface area contributed by atoms with E-state index < -0.39 is 0 Å². The molecular weight excluding hydrogens is 544 g/mol. The van der Waals surface area contributed by atoms with Crippen LogP contribution in [-0.2, 0) is 0 Å². The summed E-state index contributed by atoms with van der Waals surface area (Å²) in [5, 5.41) is 4.06. The Hall–Kier alpha value is -5.75. The van der Waals surface area contributed by atoms with Gasteiger partial charge in [-0.25, -0.2) is 9.88 Å². The van der Waals surface area contributed by atoms with Gasteiger partial charge in [0.2, 0.25) is 0 Å². The Bertz CT molecular complexity index is 2430. The van der Waals surface area contributed by atoms with Gasteiger partial charge in [-0.15, -0.1) is 0 Å². The van der Waals surface area contributed by atoms with Crippen molar-refractivity contribution in [1.82, 2.24) is 14.1 Å². The maximum absolute atomic E-state index is 14.8. The van der Waals surface area contributed by atoms with Crippen molar-refractivity contribution in [1.29, 1.82) is 0 Å². The molecule has 1 aliphatic carbocycles. The molecule has 4 heterocycles. The SMILES string of the molecule is Cc1cccc(N2C(=O)c3c(c4c(c5ccccc5n4C4C=CC=CC4)c4c5ccccc5n(-c5ccccc5)c34)C2=O)n1. The molecule has 3 aromatic heterocycles. The lowest BCUT2D eigenvalue weighted by Crippen LogP contribution is -2.30. The van der Waals surface area contributed by atoms with E-state index in [4.69, 9.17) is 0 Å². The summed E-state index contributed by atoms with van der Waals surface area (Å²) in [6, 6.07) is 32.1. The Morgan fingerprint density at radius 2 is 1.34 bits per heavy atom. The van der Waals surface area contributed by atoms with E-state index >= 15 is 0 Å². The van der Waals surface area contributed by atoms with E-state index in [-0.39, 0.29) is 17.9 Å². The summed E-state index contributed by atoms with van der Waals surface area (Å²) in [6.07, 6.45) is 9.23. The Kier molecular flexibility index (Phi) is 5.14. The molecule has 1 unspecified atom stereocenters. The van der Waals surface area contributed by atoms with Crippen molar-refractivity contribution in [2.45, 2.75) is 19.4 Å². The van der Waals surface area contributed by atoms with E-state index in [1.807, 2.05) is 73.7 Å². The fourth-order valence-electron chi connectivity index (χ4n) is 7.27. The van der Waals surface area contributed by atoms with Gasteiger partial charge in [0.15, 0.2) is 0 Å². The number of aromatic nitrogens is 3. The lowest BCUT2D eigenvalue weighted by Gasteiger charge is -2.19. The lowest BCUT2D eigenvalue weighted by atomic mass is 9.97. The summed E-state index contributed by atoms with van der Waals surface area (Å²) in [5.74, 6) is -0.367. The summed E-state index contributed by atoms with van der Waals surface area (Å²) in [7, 11) is 0. The molecule has 7 aromatic rings. The number of fused-ring (bicyclic) bond motifs is 10. The minimum Gasteiger partial charge on any atom is -0.332 e. The molecule has 2 aliphatic rings. The van der Waals surface area contributed by atoms with Crippen molar-refractivity contribution in [2.24, 2.45) is 0 Å². The third-order valence-electron chi connectivity index (χ3n) is 9.00. The summed E-state index contributed by atoms with van der Waals surface area (Å²) >= 11 is 0. The van der Waals surface area contributed by atoms with Gasteiger partial charge in [-0.1, -0.05) is 85.0 Å². The average molecular weight is 571 g/mol. The van der Waals surface area contributed by atoms with Crippen LogP contribution in [0.15, 0.2) is 121 Å². The number of pyridine rings is 1. The summed E-state index contributed by atoms with van der Waals surface area (Å²) in [6.45, 7) is 1.87. The smallest absolute Gasteiger partial charge is 0.269 e. The van der Waals surface area contributed by atoms with Crippen LogP contribution >= 0.6 is 0 Å². The summed E-state index contributed by atoms with van der Waals surface area (Å²) in [5.41, 5.74) is 6.07. The molecule has 0 N–H and O–H groups in total. The first kappa shape index (κ1) is 24.8. The predicted octanol–water partition coefficient (Wildman–Crippen LogP) is 8.45. The fraction of sp³-hybridized carbons (Fsp3) is 0.0789. The highest BCUT2D eigenvalue weighted by atomic mass is 16.2. The highest BCUT2D eigenvalue weighted by molar-refractivity contribution is 6.45. The Labute approximate surface area is 252 Å². The highest BCUT2D eigenvalue weighted by Gasteiger charge is 2.44. The summed E-state index contributed by atoms with van der Waals surface area (Å²) < 4.78 is 4.42. The predicted molar refractivity (Wildman–Crippen MR) is 176 cm³/mol. The van der Waals surface area contributed by atoms with Crippen LogP contribution in [0, 0.1) is 6.92 Å². The molecule has 9 rings (SSSR count). The molecule has 0 saturated carbocycles. The zero-order chi connectivity index (χ0) is 29.5. The van der Waals surface area contributed by atoms with Crippen LogP contribution in [0.25, 0.3) is 49.3 Å². The third-order valence-corrected chi connectivity index (χ3v) is 9.00. The van der Waals surface area contributed by atoms with Crippen LogP contribution < -0.4 is 4.90 Å². The molecule has 1 atom stereocenters. The molecule has 210 valence electrons. The number of anilines is 1. The maximum Gasteiger partial charge on any atom is 0.269 e. The number of rotatable bonds is 3. The van der Waals surface area contributed by atoms with Crippen LogP contribution in [-0.4, -0.2) is 25.9 Å². The number of benzene rings is 4. The minimum atomic E-state index is -0.356. The van der Waals surface area contributed by atoms with Gasteiger partial charge in [0.05, 0.1) is 33.7 Å². The van der Waals surface area contributed by atoms with E-state index in [1.165, 1.54) is 4.90 Å². The molecule has 0 spiro atoms. The van der Waals surface area contributed by atoms with Gasteiger partial charge in [0.25, 0.3) is 11.8 Å². The van der Waals surface area contributed by atoms with Gasteiger partial charge in [0, 0.05) is 38.4 Å². The monoisotopic (exact) mass is 570 g/mol. The van der Waals surface area contributed by atoms with Gasteiger partial charge < -0.3 is 9.13 Å². The van der Waals surface area contributed by atoms with E-state index in [1.54, 1.807) is 6.07 Å². The maximum atomic E-state index is 14.8. The quantitative estimate of drug-likeness (QED) is 0.200. The zero-order valence-corrected chi connectivity index (χ0v) is 23.9. The normalized spacial score (nSPS) is 16.3. The first-order valence-corrected chi connectivity index (χ1v) is 14.9. The molecule has 6 heteroatoms. The van der Waals surface area contributed by atoms with E-state index in [2.05, 4.69) is 62.7 Å². The van der Waals surface area contributed by atoms with Crippen molar-refractivity contribution < 1.29 is 9.59 Å². The third kappa shape index (κ3) is 3.22. The number of carbonyl (C=O) groups excluding carboxylic acids is 2. The fourth-order valence-corrected chi connectivity index (χ4v) is 7.27. The second-order valence-electron chi connectivity index (χ2n) is 11.5. The molecule has 2 amide bonds. The Morgan fingerprint density at radius 1 is 0.682 bits per heavy atom. The van der Waals surface area contributed by atoms with Gasteiger partial charge in [-0.05, 0) is 49.7 Å². The highest BCUT2D eigenvalue weighted by Crippen LogP contribution is 2.49. The molecule has 0 saturated heterocycles. The Balaban J connectivity index is 1.55. The van der Waals surface area contributed by atoms with Crippen LogP contribution in [0.4, 0.5) is 5.82 Å². The van der Waals surface area contributed by atoms with E-state index in [0.29, 0.717) is 16.9 Å². The van der Waals surface area contributed by atoms with Gasteiger partial charge in [-0.2, -0.15) is 0 Å². The topological polar surface area (TPSA) is 60.1 Å². The van der Waals surface area contributed by atoms with Gasteiger partial charge >= 0.3 is 0 Å². The minimum absolute atomic E-state index is 0.0135. The first-order chi connectivity index (χ1) is 21.6. The molecule has 6 nitrogen and oxygen atoms in total. The van der Waals surface area contributed by atoms with Crippen molar-refractivity contribution >= 4 is 61.2 Å². The lowest BCUT2D eigenvalue weighted by molar-refractivity contribution is 0.0926. The standard InChI is InChI=1S/C38H26N4O2/c1-23-13-12-22-30(39-23)42-37(43)33-34(38(42)44)36-32(27-19-9-11-21-29(27)41(36)25-16-6-3-7-17-25)31-26-18-8-10-20-28(26)40(35(31)33)24-14-4-2-5-15-24/h2-16,18-22,25H,17H2,1H3. The van der Waals surface area contributed by atoms with Crippen LogP contribution in [0.3, 0.4) is 0 Å². The van der Waals surface area contributed by atoms with Gasteiger partial charge in [-0.3, -0.25) is 9.59 Å². The number of aryl methyl sites for hydroxylation is 1. The average Bonchev–Trinajstić information content (AvgIpc) is 3.67. The molecule has 1 aliphatic heterocycles. The van der Waals surface area contributed by atoms with Crippen molar-refractivity contribution in [3.8, 4) is 5.69 Å². The van der Waals surface area contributed by atoms with Gasteiger partial charge in [0.1, 0.15) is 5.82 Å². The largest absolute Gasteiger partial charge is 0.332 e. The van der Waals surface area contributed by atoms with E-state index in [9.17, 15) is 9.59 Å². The molecule has 44 heavy (non-hydrogen) atoms. The number of amides is 2. The molecule has 0 bridgehead atoms.